The molecule has 5 rings (SSSR count). The molecule has 2 aromatic heterocycles. The molecule has 0 atom stereocenters. The predicted octanol–water partition coefficient (Wildman–Crippen LogP) is 4.09. The van der Waals surface area contributed by atoms with Crippen molar-refractivity contribution in [3.05, 3.63) is 72.2 Å². The summed E-state index contributed by atoms with van der Waals surface area (Å²) in [6, 6.07) is 16.1. The van der Waals surface area contributed by atoms with E-state index in [0.29, 0.717) is 6.61 Å². The number of hydrogen-bond donors (Lipinski definition) is 0. The van der Waals surface area contributed by atoms with E-state index in [4.69, 9.17) is 9.84 Å². The van der Waals surface area contributed by atoms with Crippen LogP contribution in [0.3, 0.4) is 0 Å². The molecule has 4 aromatic rings. The van der Waals surface area contributed by atoms with Gasteiger partial charge in [-0.05, 0) is 36.4 Å². The van der Waals surface area contributed by atoms with Crippen LogP contribution in [0, 0.1) is 5.82 Å². The van der Waals surface area contributed by atoms with Gasteiger partial charge >= 0.3 is 0 Å². The third-order valence-corrected chi connectivity index (χ3v) is 4.22. The van der Waals surface area contributed by atoms with Crippen LogP contribution in [0.15, 0.2) is 60.8 Å². The lowest BCUT2D eigenvalue weighted by molar-refractivity contribution is 0.300. The Hall–Kier alpha value is -3.21. The fourth-order valence-corrected chi connectivity index (χ4v) is 3.07. The van der Waals surface area contributed by atoms with Crippen LogP contribution in [0.5, 0.6) is 5.75 Å². The lowest BCUT2D eigenvalue weighted by Gasteiger charge is -2.20. The molecule has 0 aliphatic carbocycles. The van der Waals surface area contributed by atoms with Crippen molar-refractivity contribution in [1.29, 1.82) is 0 Å². The van der Waals surface area contributed by atoms with E-state index < -0.39 is 0 Å². The summed E-state index contributed by atoms with van der Waals surface area (Å²) >= 11 is 0. The topological polar surface area (TPSA) is 39.4 Å². The zero-order chi connectivity index (χ0) is 16.1. The van der Waals surface area contributed by atoms with Crippen LogP contribution < -0.4 is 4.74 Å². The molecule has 24 heavy (non-hydrogen) atoms. The molecule has 3 heterocycles. The first kappa shape index (κ1) is 13.2. The third-order valence-electron chi connectivity index (χ3n) is 4.22. The van der Waals surface area contributed by atoms with Crippen LogP contribution in [0.25, 0.3) is 28.2 Å². The van der Waals surface area contributed by atoms with Crippen molar-refractivity contribution in [3.8, 4) is 28.3 Å². The van der Waals surface area contributed by atoms with Gasteiger partial charge in [0.1, 0.15) is 18.2 Å². The second-order valence-electron chi connectivity index (χ2n) is 5.72. The van der Waals surface area contributed by atoms with Crippen LogP contribution in [0.4, 0.5) is 4.39 Å². The monoisotopic (exact) mass is 317 g/mol. The van der Waals surface area contributed by atoms with Gasteiger partial charge in [-0.15, -0.1) is 0 Å². The van der Waals surface area contributed by atoms with Crippen molar-refractivity contribution in [1.82, 2.24) is 14.6 Å². The zero-order valence-electron chi connectivity index (χ0n) is 12.6. The normalized spacial score (nSPS) is 12.5. The first-order chi connectivity index (χ1) is 11.8. The zero-order valence-corrected chi connectivity index (χ0v) is 12.6. The molecule has 0 radical (unpaired) electrons. The summed E-state index contributed by atoms with van der Waals surface area (Å²) in [7, 11) is 0. The molecule has 4 nitrogen and oxygen atoms in total. The first-order valence-corrected chi connectivity index (χ1v) is 7.65. The van der Waals surface area contributed by atoms with E-state index in [9.17, 15) is 4.39 Å². The Morgan fingerprint density at radius 2 is 1.88 bits per heavy atom. The first-order valence-electron chi connectivity index (χ1n) is 7.65. The minimum absolute atomic E-state index is 0.260. The molecule has 5 heteroatoms. The maximum absolute atomic E-state index is 13.1. The van der Waals surface area contributed by atoms with E-state index >= 15 is 0 Å². The van der Waals surface area contributed by atoms with E-state index in [0.717, 1.165) is 39.5 Å². The Labute approximate surface area is 137 Å². The van der Waals surface area contributed by atoms with Gasteiger partial charge in [-0.3, -0.25) is 0 Å². The Morgan fingerprint density at radius 3 is 2.75 bits per heavy atom. The minimum atomic E-state index is -0.260. The molecule has 0 N–H and O–H groups in total. The van der Waals surface area contributed by atoms with Gasteiger partial charge in [0.05, 0.1) is 11.4 Å². The Balaban J connectivity index is 1.76. The number of para-hydroxylation sites is 1. The molecular formula is C19H12FN3O. The molecule has 1 aliphatic heterocycles. The maximum atomic E-state index is 13.1. The number of hydrogen-bond acceptors (Lipinski definition) is 3. The van der Waals surface area contributed by atoms with Gasteiger partial charge in [0, 0.05) is 29.0 Å². The fraction of sp³-hybridized carbons (Fsp3) is 0.0526. The number of nitrogens with zero attached hydrogens (tertiary/aromatic N) is 3. The van der Waals surface area contributed by atoms with Gasteiger partial charge in [0.2, 0.25) is 0 Å². The van der Waals surface area contributed by atoms with Crippen molar-refractivity contribution in [2.45, 2.75) is 6.61 Å². The average molecular weight is 317 g/mol. The molecule has 0 fully saturated rings. The van der Waals surface area contributed by atoms with E-state index in [1.165, 1.54) is 12.1 Å². The van der Waals surface area contributed by atoms with Gasteiger partial charge in [0.25, 0.3) is 0 Å². The van der Waals surface area contributed by atoms with E-state index in [1.807, 2.05) is 41.0 Å². The number of benzene rings is 2. The summed E-state index contributed by atoms with van der Waals surface area (Å²) < 4.78 is 20.8. The van der Waals surface area contributed by atoms with Crippen molar-refractivity contribution >= 4 is 5.65 Å². The molecule has 0 spiro atoms. The maximum Gasteiger partial charge on any atom is 0.156 e. The lowest BCUT2D eigenvalue weighted by atomic mass is 10.0. The summed E-state index contributed by atoms with van der Waals surface area (Å²) in [5, 5.41) is 4.70. The fourth-order valence-electron chi connectivity index (χ4n) is 3.07. The van der Waals surface area contributed by atoms with E-state index in [1.54, 1.807) is 12.1 Å². The van der Waals surface area contributed by atoms with Gasteiger partial charge < -0.3 is 4.74 Å². The number of fused-ring (bicyclic) bond motifs is 5. The van der Waals surface area contributed by atoms with Crippen LogP contribution in [0.2, 0.25) is 0 Å². The summed E-state index contributed by atoms with van der Waals surface area (Å²) in [6.07, 6.45) is 1.83. The predicted molar refractivity (Wildman–Crippen MR) is 88.1 cm³/mol. The highest BCUT2D eigenvalue weighted by Crippen LogP contribution is 2.37. The van der Waals surface area contributed by atoms with Gasteiger partial charge in [-0.25, -0.2) is 13.9 Å². The minimum Gasteiger partial charge on any atom is -0.488 e. The molecule has 0 amide bonds. The molecule has 0 saturated heterocycles. The van der Waals surface area contributed by atoms with Gasteiger partial charge in [-0.2, -0.15) is 5.10 Å². The quantitative estimate of drug-likeness (QED) is 0.531. The Bertz CT molecular complexity index is 1070. The summed E-state index contributed by atoms with van der Waals surface area (Å²) in [5.41, 5.74) is 5.37. The smallest absolute Gasteiger partial charge is 0.156 e. The standard InChI is InChI=1S/C19H12FN3O/c20-14-7-5-12(6-8-14)16-9-18-21-10-13-11-24-17-4-2-1-3-15(17)19(13)23(18)22-16/h1-10H,11H2. The second-order valence-corrected chi connectivity index (χ2v) is 5.72. The largest absolute Gasteiger partial charge is 0.488 e. The van der Waals surface area contributed by atoms with Crippen LogP contribution in [0.1, 0.15) is 5.56 Å². The molecular weight excluding hydrogens is 305 g/mol. The van der Waals surface area contributed by atoms with Crippen molar-refractivity contribution in [2.75, 3.05) is 0 Å². The van der Waals surface area contributed by atoms with Gasteiger partial charge in [-0.1, -0.05) is 12.1 Å². The number of halogens is 1. The number of aromatic nitrogens is 3. The molecule has 0 bridgehead atoms. The SMILES string of the molecule is Fc1ccc(-c2cc3ncc4c(n3n2)-c2ccccc2OC4)cc1. The number of ether oxygens (including phenoxy) is 1. The van der Waals surface area contributed by atoms with Crippen molar-refractivity contribution < 1.29 is 9.13 Å². The molecule has 1 aliphatic rings. The van der Waals surface area contributed by atoms with Gasteiger partial charge in [0.15, 0.2) is 5.65 Å². The highest BCUT2D eigenvalue weighted by atomic mass is 19.1. The summed E-state index contributed by atoms with van der Waals surface area (Å²) in [5.74, 6) is 0.584. The van der Waals surface area contributed by atoms with Crippen LogP contribution >= 0.6 is 0 Å². The van der Waals surface area contributed by atoms with Crippen LogP contribution in [-0.2, 0) is 6.61 Å². The number of rotatable bonds is 1. The highest BCUT2D eigenvalue weighted by molar-refractivity contribution is 5.75. The Kier molecular flexibility index (Phi) is 2.70. The molecule has 0 unspecified atom stereocenters. The van der Waals surface area contributed by atoms with Crippen molar-refractivity contribution in [2.24, 2.45) is 0 Å². The summed E-state index contributed by atoms with van der Waals surface area (Å²) in [6.45, 7) is 0.473. The molecule has 2 aromatic carbocycles. The summed E-state index contributed by atoms with van der Waals surface area (Å²) in [4.78, 5) is 4.48. The highest BCUT2D eigenvalue weighted by Gasteiger charge is 2.21. The lowest BCUT2D eigenvalue weighted by Crippen LogP contribution is -2.10. The average Bonchev–Trinajstić information content (AvgIpc) is 3.06. The van der Waals surface area contributed by atoms with Crippen molar-refractivity contribution in [3.63, 3.8) is 0 Å². The molecule has 116 valence electrons. The van der Waals surface area contributed by atoms with E-state index in [2.05, 4.69) is 4.98 Å². The van der Waals surface area contributed by atoms with Crippen LogP contribution in [-0.4, -0.2) is 14.6 Å². The van der Waals surface area contributed by atoms with E-state index in [-0.39, 0.29) is 5.82 Å². The second kappa shape index (κ2) is 4.89. The Morgan fingerprint density at radius 1 is 1.04 bits per heavy atom. The third kappa shape index (κ3) is 1.91. The molecule has 0 saturated carbocycles.